The summed E-state index contributed by atoms with van der Waals surface area (Å²) in [6.45, 7) is 7.13. The molecule has 0 aromatic carbocycles. The van der Waals surface area contributed by atoms with Crippen molar-refractivity contribution < 1.29 is 4.74 Å². The zero-order chi connectivity index (χ0) is 10.4. The first kappa shape index (κ1) is 11.9. The van der Waals surface area contributed by atoms with Crippen molar-refractivity contribution in [3.63, 3.8) is 0 Å². The van der Waals surface area contributed by atoms with Crippen molar-refractivity contribution in [1.82, 2.24) is 4.90 Å². The standard InChI is InChI=1S/C10H20N2OS/c1-4-13-9-6-7-12(8-9)10(11-3)14-5-2/h9H,4-8H2,1-3H3/t9-/m1/s1. The monoisotopic (exact) mass is 216 g/mol. The summed E-state index contributed by atoms with van der Waals surface area (Å²) in [5.41, 5.74) is 0. The molecule has 0 N–H and O–H groups in total. The van der Waals surface area contributed by atoms with E-state index in [4.69, 9.17) is 4.74 Å². The molecule has 0 saturated carbocycles. The molecule has 14 heavy (non-hydrogen) atoms. The molecule has 1 saturated heterocycles. The van der Waals surface area contributed by atoms with E-state index in [9.17, 15) is 0 Å². The maximum atomic E-state index is 5.60. The molecule has 0 aromatic heterocycles. The van der Waals surface area contributed by atoms with Crippen LogP contribution in [0.4, 0.5) is 0 Å². The molecule has 82 valence electrons. The van der Waals surface area contributed by atoms with E-state index in [2.05, 4.69) is 23.7 Å². The number of amidine groups is 1. The highest BCUT2D eigenvalue weighted by Gasteiger charge is 2.24. The van der Waals surface area contributed by atoms with Crippen molar-refractivity contribution in [2.45, 2.75) is 26.4 Å². The van der Waals surface area contributed by atoms with Gasteiger partial charge < -0.3 is 9.64 Å². The summed E-state index contributed by atoms with van der Waals surface area (Å²) in [4.78, 5) is 6.63. The Morgan fingerprint density at radius 2 is 2.36 bits per heavy atom. The van der Waals surface area contributed by atoms with Gasteiger partial charge in [0.25, 0.3) is 0 Å². The van der Waals surface area contributed by atoms with E-state index in [1.54, 1.807) is 0 Å². The first-order valence-electron chi connectivity index (χ1n) is 5.27. The van der Waals surface area contributed by atoms with Crippen molar-refractivity contribution >= 4 is 16.9 Å². The molecule has 1 atom stereocenters. The van der Waals surface area contributed by atoms with Crippen molar-refractivity contribution in [1.29, 1.82) is 0 Å². The van der Waals surface area contributed by atoms with E-state index in [0.29, 0.717) is 6.10 Å². The average molecular weight is 216 g/mol. The minimum atomic E-state index is 0.411. The minimum absolute atomic E-state index is 0.411. The zero-order valence-corrected chi connectivity index (χ0v) is 10.1. The highest BCUT2D eigenvalue weighted by atomic mass is 32.2. The number of nitrogens with zero attached hydrogens (tertiary/aromatic N) is 2. The number of rotatable bonds is 3. The first-order valence-corrected chi connectivity index (χ1v) is 6.26. The van der Waals surface area contributed by atoms with Crippen molar-refractivity contribution in [3.05, 3.63) is 0 Å². The van der Waals surface area contributed by atoms with E-state index < -0.39 is 0 Å². The van der Waals surface area contributed by atoms with Gasteiger partial charge in [-0.05, 0) is 19.1 Å². The predicted octanol–water partition coefficient (Wildman–Crippen LogP) is 1.84. The molecule has 1 rings (SSSR count). The second-order valence-corrected chi connectivity index (χ2v) is 4.48. The van der Waals surface area contributed by atoms with Crippen LogP contribution in [0.15, 0.2) is 4.99 Å². The molecule has 0 unspecified atom stereocenters. The minimum Gasteiger partial charge on any atom is -0.377 e. The Kier molecular flexibility index (Phi) is 5.33. The second-order valence-electron chi connectivity index (χ2n) is 3.25. The lowest BCUT2D eigenvalue weighted by molar-refractivity contribution is 0.0734. The van der Waals surface area contributed by atoms with Gasteiger partial charge in [-0.3, -0.25) is 4.99 Å². The van der Waals surface area contributed by atoms with E-state index in [-0.39, 0.29) is 0 Å². The fraction of sp³-hybridized carbons (Fsp3) is 0.900. The number of aliphatic imine (C=N–C) groups is 1. The normalized spacial score (nSPS) is 23.2. The SMILES string of the molecule is CCO[C@@H]1CCN(C(=NC)SCC)C1. The lowest BCUT2D eigenvalue weighted by Crippen LogP contribution is -2.28. The lowest BCUT2D eigenvalue weighted by Gasteiger charge is -2.19. The largest absolute Gasteiger partial charge is 0.377 e. The van der Waals surface area contributed by atoms with Gasteiger partial charge in [0, 0.05) is 26.7 Å². The molecule has 0 radical (unpaired) electrons. The van der Waals surface area contributed by atoms with Crippen LogP contribution in [0.25, 0.3) is 0 Å². The molecule has 1 aliphatic heterocycles. The maximum absolute atomic E-state index is 5.60. The summed E-state index contributed by atoms with van der Waals surface area (Å²) >= 11 is 1.81. The maximum Gasteiger partial charge on any atom is 0.158 e. The Labute approximate surface area is 90.9 Å². The summed E-state index contributed by atoms with van der Waals surface area (Å²) < 4.78 is 5.60. The van der Waals surface area contributed by atoms with Crippen LogP contribution in [-0.2, 0) is 4.74 Å². The summed E-state index contributed by atoms with van der Waals surface area (Å²) in [6, 6.07) is 0. The lowest BCUT2D eigenvalue weighted by atomic mass is 10.3. The van der Waals surface area contributed by atoms with Crippen molar-refractivity contribution in [2.24, 2.45) is 4.99 Å². The number of hydrogen-bond donors (Lipinski definition) is 0. The van der Waals surface area contributed by atoms with Crippen LogP contribution in [0, 0.1) is 0 Å². The van der Waals surface area contributed by atoms with Crippen LogP contribution in [0.5, 0.6) is 0 Å². The first-order chi connectivity index (χ1) is 6.81. The quantitative estimate of drug-likeness (QED) is 0.531. The molecule has 1 fully saturated rings. The summed E-state index contributed by atoms with van der Waals surface area (Å²) in [7, 11) is 1.87. The van der Waals surface area contributed by atoms with Crippen LogP contribution in [-0.4, -0.2) is 48.7 Å². The van der Waals surface area contributed by atoms with Crippen LogP contribution in [0.1, 0.15) is 20.3 Å². The van der Waals surface area contributed by atoms with Gasteiger partial charge in [-0.15, -0.1) is 0 Å². The van der Waals surface area contributed by atoms with Crippen molar-refractivity contribution in [2.75, 3.05) is 32.5 Å². The molecule has 0 spiro atoms. The van der Waals surface area contributed by atoms with Gasteiger partial charge in [0.05, 0.1) is 6.10 Å². The molecule has 0 aliphatic carbocycles. The number of hydrogen-bond acceptors (Lipinski definition) is 3. The Morgan fingerprint density at radius 1 is 1.57 bits per heavy atom. The molecule has 0 amide bonds. The third-order valence-electron chi connectivity index (χ3n) is 2.28. The number of likely N-dealkylation sites (tertiary alicyclic amines) is 1. The third-order valence-corrected chi connectivity index (χ3v) is 3.27. The van der Waals surface area contributed by atoms with Gasteiger partial charge in [-0.1, -0.05) is 18.7 Å². The smallest absolute Gasteiger partial charge is 0.158 e. The number of thioether (sulfide) groups is 1. The second kappa shape index (κ2) is 6.30. The van der Waals surface area contributed by atoms with Crippen LogP contribution < -0.4 is 0 Å². The van der Waals surface area contributed by atoms with Crippen molar-refractivity contribution in [3.8, 4) is 0 Å². The van der Waals surface area contributed by atoms with Crippen LogP contribution >= 0.6 is 11.8 Å². The summed E-state index contributed by atoms with van der Waals surface area (Å²) in [5.74, 6) is 1.09. The van der Waals surface area contributed by atoms with Gasteiger partial charge in [0.1, 0.15) is 0 Å². The Hall–Kier alpha value is -0.220. The van der Waals surface area contributed by atoms with Gasteiger partial charge >= 0.3 is 0 Å². The Balaban J connectivity index is 2.39. The van der Waals surface area contributed by atoms with Gasteiger partial charge in [-0.2, -0.15) is 0 Å². The Morgan fingerprint density at radius 3 is 2.93 bits per heavy atom. The van der Waals surface area contributed by atoms with Crippen LogP contribution in [0.2, 0.25) is 0 Å². The molecule has 1 aliphatic rings. The van der Waals surface area contributed by atoms with Gasteiger partial charge in [0.15, 0.2) is 5.17 Å². The van der Waals surface area contributed by atoms with E-state index in [1.165, 1.54) is 0 Å². The topological polar surface area (TPSA) is 24.8 Å². The third kappa shape index (κ3) is 3.17. The van der Waals surface area contributed by atoms with E-state index >= 15 is 0 Å². The summed E-state index contributed by atoms with van der Waals surface area (Å²) in [5, 5.41) is 1.16. The molecular weight excluding hydrogens is 196 g/mol. The highest BCUT2D eigenvalue weighted by Crippen LogP contribution is 2.18. The zero-order valence-electron chi connectivity index (χ0n) is 9.32. The van der Waals surface area contributed by atoms with E-state index in [0.717, 1.165) is 37.0 Å². The van der Waals surface area contributed by atoms with Crippen LogP contribution in [0.3, 0.4) is 0 Å². The molecule has 1 heterocycles. The molecular formula is C10H20N2OS. The summed E-state index contributed by atoms with van der Waals surface area (Å²) in [6.07, 6.45) is 1.55. The average Bonchev–Trinajstić information content (AvgIpc) is 2.63. The molecule has 4 heteroatoms. The fourth-order valence-electron chi connectivity index (χ4n) is 1.70. The fourth-order valence-corrected chi connectivity index (χ4v) is 2.44. The molecule has 0 bridgehead atoms. The molecule has 0 aromatic rings. The van der Waals surface area contributed by atoms with Gasteiger partial charge in [-0.25, -0.2) is 0 Å². The van der Waals surface area contributed by atoms with E-state index in [1.807, 2.05) is 18.8 Å². The predicted molar refractivity (Wildman–Crippen MR) is 63.1 cm³/mol. The Bertz CT molecular complexity index is 197. The highest BCUT2D eigenvalue weighted by molar-refractivity contribution is 8.13. The van der Waals surface area contributed by atoms with Gasteiger partial charge in [0.2, 0.25) is 0 Å². The number of ether oxygens (including phenoxy) is 1. The molecule has 3 nitrogen and oxygen atoms in total.